The van der Waals surface area contributed by atoms with E-state index in [0.717, 1.165) is 4.68 Å². The van der Waals surface area contributed by atoms with Crippen molar-refractivity contribution in [1.29, 1.82) is 0 Å². The molecule has 0 saturated carbocycles. The minimum Gasteiger partial charge on any atom is -0.451 e. The van der Waals surface area contributed by atoms with Crippen LogP contribution in [0.2, 0.25) is 0 Å². The highest BCUT2D eigenvalue weighted by atomic mass is 19.4. The first kappa shape index (κ1) is 21.5. The molecule has 2 N–H and O–H groups in total. The van der Waals surface area contributed by atoms with Gasteiger partial charge in [0, 0.05) is 0 Å². The zero-order valence-electron chi connectivity index (χ0n) is 14.9. The van der Waals surface area contributed by atoms with Crippen molar-refractivity contribution in [2.45, 2.75) is 13.1 Å². The predicted octanol–water partition coefficient (Wildman–Crippen LogP) is 0.911. The number of ether oxygens (including phenoxy) is 1. The maximum atomic E-state index is 12.4. The van der Waals surface area contributed by atoms with Crippen LogP contribution in [-0.4, -0.2) is 57.4 Å². The van der Waals surface area contributed by atoms with E-state index >= 15 is 0 Å². The summed E-state index contributed by atoms with van der Waals surface area (Å²) in [4.78, 5) is 35.3. The summed E-state index contributed by atoms with van der Waals surface area (Å²) in [7, 11) is 0. The Balaban J connectivity index is 2.02. The number of alkyl halides is 3. The standard InChI is InChI=1S/C16H15F3N6O4/c1-10-22-23-24-25(10)12(7-11-5-3-2-4-6-11)14(27)29-8-13(26)21-15(28)20-9-16(17,18)19/h2-7H,8-9H2,1H3,(H2,20,21,26,28)/b12-7-. The molecule has 29 heavy (non-hydrogen) atoms. The molecule has 0 spiro atoms. The van der Waals surface area contributed by atoms with Gasteiger partial charge in [0.05, 0.1) is 0 Å². The van der Waals surface area contributed by atoms with E-state index in [2.05, 4.69) is 15.5 Å². The first-order valence-electron chi connectivity index (χ1n) is 7.99. The molecule has 0 aliphatic rings. The first-order valence-corrected chi connectivity index (χ1v) is 7.99. The number of aryl methyl sites for hydroxylation is 1. The number of nitrogens with one attached hydrogen (secondary N) is 2. The zero-order chi connectivity index (χ0) is 21.4. The van der Waals surface area contributed by atoms with Crippen LogP contribution in [0.15, 0.2) is 30.3 Å². The van der Waals surface area contributed by atoms with Gasteiger partial charge in [0.15, 0.2) is 18.1 Å². The average molecular weight is 412 g/mol. The number of aromatic nitrogens is 4. The van der Waals surface area contributed by atoms with Gasteiger partial charge in [-0.05, 0) is 29.0 Å². The van der Waals surface area contributed by atoms with Gasteiger partial charge in [-0.3, -0.25) is 10.1 Å². The van der Waals surface area contributed by atoms with Crippen molar-refractivity contribution in [1.82, 2.24) is 30.8 Å². The summed E-state index contributed by atoms with van der Waals surface area (Å²) in [5.74, 6) is -1.85. The quantitative estimate of drug-likeness (QED) is 0.533. The number of hydrogen-bond donors (Lipinski definition) is 2. The molecule has 13 heteroatoms. The molecule has 0 fully saturated rings. The highest BCUT2D eigenvalue weighted by molar-refractivity contribution is 6.15. The van der Waals surface area contributed by atoms with Crippen LogP contribution in [0.3, 0.4) is 0 Å². The molecule has 0 bridgehead atoms. The minimum absolute atomic E-state index is 0.118. The molecule has 0 aliphatic heterocycles. The van der Waals surface area contributed by atoms with Crippen LogP contribution in [0.5, 0.6) is 0 Å². The molecule has 2 rings (SSSR count). The molecule has 1 aromatic heterocycles. The second-order valence-electron chi connectivity index (χ2n) is 5.50. The fraction of sp³-hybridized carbons (Fsp3) is 0.250. The Morgan fingerprint density at radius 1 is 1.21 bits per heavy atom. The molecule has 10 nitrogen and oxygen atoms in total. The topological polar surface area (TPSA) is 128 Å². The summed E-state index contributed by atoms with van der Waals surface area (Å²) in [5.41, 5.74) is 0.498. The molecule has 0 atom stereocenters. The van der Waals surface area contributed by atoms with E-state index < -0.39 is 37.2 Å². The van der Waals surface area contributed by atoms with Gasteiger partial charge in [0.2, 0.25) is 0 Å². The van der Waals surface area contributed by atoms with Crippen molar-refractivity contribution in [2.75, 3.05) is 13.2 Å². The zero-order valence-corrected chi connectivity index (χ0v) is 14.9. The second kappa shape index (κ2) is 9.43. The van der Waals surface area contributed by atoms with Gasteiger partial charge < -0.3 is 10.1 Å². The van der Waals surface area contributed by atoms with E-state index in [1.807, 2.05) is 0 Å². The third-order valence-electron chi connectivity index (χ3n) is 3.20. The Bertz CT molecular complexity index is 911. The van der Waals surface area contributed by atoms with Crippen LogP contribution in [0.25, 0.3) is 11.8 Å². The molecule has 0 radical (unpaired) electrons. The normalized spacial score (nSPS) is 11.7. The number of amides is 3. The summed E-state index contributed by atoms with van der Waals surface area (Å²) < 4.78 is 42.0. The number of nitrogens with zero attached hydrogens (tertiary/aromatic N) is 4. The molecule has 2 aromatic rings. The maximum absolute atomic E-state index is 12.4. The van der Waals surface area contributed by atoms with E-state index in [1.165, 1.54) is 18.3 Å². The Hall–Kier alpha value is -3.77. The van der Waals surface area contributed by atoms with E-state index in [4.69, 9.17) is 4.74 Å². The summed E-state index contributed by atoms with van der Waals surface area (Å²) in [6.07, 6.45) is -3.21. The monoisotopic (exact) mass is 412 g/mol. The number of urea groups is 1. The fourth-order valence-electron chi connectivity index (χ4n) is 1.96. The van der Waals surface area contributed by atoms with Crippen LogP contribution < -0.4 is 10.6 Å². The van der Waals surface area contributed by atoms with Crippen LogP contribution in [-0.2, 0) is 14.3 Å². The molecule has 0 saturated heterocycles. The summed E-state index contributed by atoms with van der Waals surface area (Å²) in [5, 5.41) is 13.8. The Morgan fingerprint density at radius 3 is 2.48 bits per heavy atom. The lowest BCUT2D eigenvalue weighted by Crippen LogP contribution is -2.44. The SMILES string of the molecule is Cc1nnnn1/C(=C\c1ccccc1)C(=O)OCC(=O)NC(=O)NCC(F)(F)F. The number of esters is 1. The fourth-order valence-corrected chi connectivity index (χ4v) is 1.96. The number of hydrogen-bond acceptors (Lipinski definition) is 7. The van der Waals surface area contributed by atoms with Gasteiger partial charge in [-0.1, -0.05) is 30.3 Å². The first-order chi connectivity index (χ1) is 13.7. The summed E-state index contributed by atoms with van der Waals surface area (Å²) >= 11 is 0. The Labute approximate surface area is 161 Å². The lowest BCUT2D eigenvalue weighted by atomic mass is 10.2. The lowest BCUT2D eigenvalue weighted by Gasteiger charge is -2.10. The summed E-state index contributed by atoms with van der Waals surface area (Å²) in [6.45, 7) is -0.996. The number of imide groups is 1. The number of benzene rings is 1. The number of rotatable bonds is 6. The molecule has 0 aliphatic carbocycles. The molecule has 3 amide bonds. The third kappa shape index (κ3) is 7.04. The number of halogens is 3. The highest BCUT2D eigenvalue weighted by Crippen LogP contribution is 2.14. The van der Waals surface area contributed by atoms with Crippen molar-refractivity contribution in [3.05, 3.63) is 41.7 Å². The maximum Gasteiger partial charge on any atom is 0.405 e. The molecular weight excluding hydrogens is 397 g/mol. The average Bonchev–Trinajstić information content (AvgIpc) is 3.08. The van der Waals surface area contributed by atoms with Crippen LogP contribution in [0, 0.1) is 6.92 Å². The number of tetrazole rings is 1. The number of carbonyl (C=O) groups excluding carboxylic acids is 3. The molecule has 0 unspecified atom stereocenters. The molecule has 1 aromatic carbocycles. The Kier molecular flexibility index (Phi) is 7.00. The minimum atomic E-state index is -4.63. The van der Waals surface area contributed by atoms with Gasteiger partial charge in [-0.25, -0.2) is 9.59 Å². The largest absolute Gasteiger partial charge is 0.451 e. The van der Waals surface area contributed by atoms with Crippen molar-refractivity contribution in [3.63, 3.8) is 0 Å². The molecule has 1 heterocycles. The van der Waals surface area contributed by atoms with Gasteiger partial charge in [0.25, 0.3) is 5.91 Å². The van der Waals surface area contributed by atoms with E-state index in [9.17, 15) is 27.6 Å². The highest BCUT2D eigenvalue weighted by Gasteiger charge is 2.28. The summed E-state index contributed by atoms with van der Waals surface area (Å²) in [6, 6.07) is 7.25. The third-order valence-corrected chi connectivity index (χ3v) is 3.20. The van der Waals surface area contributed by atoms with Crippen molar-refractivity contribution in [3.8, 4) is 0 Å². The number of carbonyl (C=O) groups is 3. The van der Waals surface area contributed by atoms with Gasteiger partial charge in [-0.15, -0.1) is 5.10 Å². The van der Waals surface area contributed by atoms with E-state index in [0.29, 0.717) is 5.56 Å². The van der Waals surface area contributed by atoms with Gasteiger partial charge >= 0.3 is 18.2 Å². The molecular formula is C16H15F3N6O4. The van der Waals surface area contributed by atoms with Crippen molar-refractivity contribution >= 4 is 29.7 Å². The predicted molar refractivity (Wildman–Crippen MR) is 91.7 cm³/mol. The molecule has 154 valence electrons. The van der Waals surface area contributed by atoms with E-state index in [1.54, 1.807) is 35.6 Å². The van der Waals surface area contributed by atoms with Crippen molar-refractivity contribution < 1.29 is 32.3 Å². The second-order valence-corrected chi connectivity index (χ2v) is 5.50. The van der Waals surface area contributed by atoms with Gasteiger partial charge in [0.1, 0.15) is 6.54 Å². The van der Waals surface area contributed by atoms with E-state index in [-0.39, 0.29) is 11.5 Å². The van der Waals surface area contributed by atoms with Crippen LogP contribution >= 0.6 is 0 Å². The Morgan fingerprint density at radius 2 is 1.90 bits per heavy atom. The van der Waals surface area contributed by atoms with Crippen molar-refractivity contribution in [2.24, 2.45) is 0 Å². The lowest BCUT2D eigenvalue weighted by molar-refractivity contribution is -0.143. The van der Waals surface area contributed by atoms with Gasteiger partial charge in [-0.2, -0.15) is 17.9 Å². The smallest absolute Gasteiger partial charge is 0.405 e. The van der Waals surface area contributed by atoms with Crippen LogP contribution in [0.4, 0.5) is 18.0 Å². The van der Waals surface area contributed by atoms with Crippen LogP contribution in [0.1, 0.15) is 11.4 Å².